The van der Waals surface area contributed by atoms with Crippen molar-refractivity contribution in [2.24, 2.45) is 0 Å². The van der Waals surface area contributed by atoms with Crippen molar-refractivity contribution in [1.29, 1.82) is 0 Å². The van der Waals surface area contributed by atoms with Crippen molar-refractivity contribution in [2.45, 2.75) is 13.5 Å². The molecule has 2 N–H and O–H groups in total. The molecule has 0 spiro atoms. The third-order valence-corrected chi connectivity index (χ3v) is 3.02. The van der Waals surface area contributed by atoms with E-state index in [1.165, 1.54) is 6.07 Å². The lowest BCUT2D eigenvalue weighted by molar-refractivity contribution is 0.599. The summed E-state index contributed by atoms with van der Waals surface area (Å²) in [7, 11) is 0. The van der Waals surface area contributed by atoms with Crippen LogP contribution in [0.1, 0.15) is 11.1 Å². The zero-order valence-corrected chi connectivity index (χ0v) is 10.8. The molecule has 4 heteroatoms. The van der Waals surface area contributed by atoms with Gasteiger partial charge in [0, 0.05) is 22.8 Å². The summed E-state index contributed by atoms with van der Waals surface area (Å²) < 4.78 is 13.6. The molecule has 18 heavy (non-hydrogen) atoms. The first-order valence-electron chi connectivity index (χ1n) is 5.65. The summed E-state index contributed by atoms with van der Waals surface area (Å²) in [4.78, 5) is 0. The first-order valence-corrected chi connectivity index (χ1v) is 6.03. The van der Waals surface area contributed by atoms with E-state index in [0.717, 1.165) is 11.3 Å². The van der Waals surface area contributed by atoms with Crippen LogP contribution in [0.3, 0.4) is 0 Å². The highest BCUT2D eigenvalue weighted by molar-refractivity contribution is 6.31. The van der Waals surface area contributed by atoms with Crippen molar-refractivity contribution in [3.8, 4) is 0 Å². The first kappa shape index (κ1) is 12.9. The fraction of sp³-hybridized carbons (Fsp3) is 0.143. The lowest BCUT2D eigenvalue weighted by Crippen LogP contribution is -2.21. The summed E-state index contributed by atoms with van der Waals surface area (Å²) in [6.45, 7) is 2.24. The SMILES string of the molecule is Cc1cc(CNNc2ccccc2)c(F)cc1Cl. The molecule has 0 saturated carbocycles. The average molecular weight is 265 g/mol. The van der Waals surface area contributed by atoms with Gasteiger partial charge in [-0.05, 0) is 30.7 Å². The Hall–Kier alpha value is -1.58. The van der Waals surface area contributed by atoms with E-state index in [1.54, 1.807) is 6.07 Å². The van der Waals surface area contributed by atoms with Crippen molar-refractivity contribution in [3.05, 3.63) is 64.4 Å². The predicted octanol–water partition coefficient (Wildman–Crippen LogP) is 3.90. The summed E-state index contributed by atoms with van der Waals surface area (Å²) in [5, 5.41) is 0.451. The number of benzene rings is 2. The van der Waals surface area contributed by atoms with Crippen molar-refractivity contribution < 1.29 is 4.39 Å². The van der Waals surface area contributed by atoms with E-state index in [0.29, 0.717) is 17.1 Å². The van der Waals surface area contributed by atoms with E-state index in [-0.39, 0.29) is 5.82 Å². The van der Waals surface area contributed by atoms with Gasteiger partial charge in [-0.15, -0.1) is 0 Å². The number of nitrogens with one attached hydrogen (secondary N) is 2. The smallest absolute Gasteiger partial charge is 0.129 e. The first-order chi connectivity index (χ1) is 8.66. The van der Waals surface area contributed by atoms with Gasteiger partial charge in [0.1, 0.15) is 5.82 Å². The fourth-order valence-corrected chi connectivity index (χ4v) is 1.77. The molecule has 0 aliphatic rings. The minimum atomic E-state index is -0.298. The minimum absolute atomic E-state index is 0.298. The van der Waals surface area contributed by atoms with Gasteiger partial charge in [0.15, 0.2) is 0 Å². The van der Waals surface area contributed by atoms with E-state index in [2.05, 4.69) is 10.9 Å². The normalized spacial score (nSPS) is 10.4. The number of hydrogen-bond donors (Lipinski definition) is 2. The van der Waals surface area contributed by atoms with Crippen LogP contribution in [-0.2, 0) is 6.54 Å². The highest BCUT2D eigenvalue weighted by atomic mass is 35.5. The maximum atomic E-state index is 13.6. The number of hydrazine groups is 1. The average Bonchev–Trinajstić information content (AvgIpc) is 2.37. The second-order valence-electron chi connectivity index (χ2n) is 4.04. The van der Waals surface area contributed by atoms with Gasteiger partial charge in [-0.2, -0.15) is 0 Å². The summed E-state index contributed by atoms with van der Waals surface area (Å²) in [6, 6.07) is 12.7. The van der Waals surface area contributed by atoms with Crippen LogP contribution in [0.2, 0.25) is 5.02 Å². The second-order valence-corrected chi connectivity index (χ2v) is 4.44. The van der Waals surface area contributed by atoms with Gasteiger partial charge in [-0.25, -0.2) is 9.82 Å². The molecule has 0 radical (unpaired) electrons. The van der Waals surface area contributed by atoms with E-state index in [4.69, 9.17) is 11.6 Å². The van der Waals surface area contributed by atoms with E-state index in [1.807, 2.05) is 37.3 Å². The topological polar surface area (TPSA) is 24.1 Å². The van der Waals surface area contributed by atoms with Crippen LogP contribution in [0, 0.1) is 12.7 Å². The third kappa shape index (κ3) is 3.22. The Balaban J connectivity index is 1.97. The molecule has 0 unspecified atom stereocenters. The van der Waals surface area contributed by atoms with Crippen LogP contribution in [0.4, 0.5) is 10.1 Å². The molecule has 2 rings (SSSR count). The zero-order chi connectivity index (χ0) is 13.0. The minimum Gasteiger partial charge on any atom is -0.321 e. The summed E-state index contributed by atoms with van der Waals surface area (Å²) in [6.07, 6.45) is 0. The second kappa shape index (κ2) is 5.85. The lowest BCUT2D eigenvalue weighted by Gasteiger charge is -2.10. The number of anilines is 1. The zero-order valence-electron chi connectivity index (χ0n) is 10.0. The molecule has 2 nitrogen and oxygen atoms in total. The molecule has 94 valence electrons. The van der Waals surface area contributed by atoms with Crippen LogP contribution < -0.4 is 10.9 Å². The van der Waals surface area contributed by atoms with E-state index in [9.17, 15) is 4.39 Å². The Morgan fingerprint density at radius 1 is 1.17 bits per heavy atom. The summed E-state index contributed by atoms with van der Waals surface area (Å²) in [5.74, 6) is -0.298. The van der Waals surface area contributed by atoms with Crippen molar-refractivity contribution in [2.75, 3.05) is 5.43 Å². The number of hydrogen-bond acceptors (Lipinski definition) is 2. The van der Waals surface area contributed by atoms with Crippen molar-refractivity contribution >= 4 is 17.3 Å². The number of aryl methyl sites for hydroxylation is 1. The molecule has 2 aromatic rings. The molecular weight excluding hydrogens is 251 g/mol. The highest BCUT2D eigenvalue weighted by Crippen LogP contribution is 2.19. The quantitative estimate of drug-likeness (QED) is 0.819. The maximum Gasteiger partial charge on any atom is 0.129 e. The van der Waals surface area contributed by atoms with Gasteiger partial charge in [0.05, 0.1) is 0 Å². The van der Waals surface area contributed by atoms with Crippen LogP contribution >= 0.6 is 11.6 Å². The van der Waals surface area contributed by atoms with Gasteiger partial charge in [0.2, 0.25) is 0 Å². The number of rotatable bonds is 4. The molecular formula is C14H14ClFN2. The molecule has 0 aliphatic heterocycles. The Morgan fingerprint density at radius 3 is 2.61 bits per heavy atom. The Kier molecular flexibility index (Phi) is 4.18. The fourth-order valence-electron chi connectivity index (χ4n) is 1.62. The molecule has 0 heterocycles. The van der Waals surface area contributed by atoms with Gasteiger partial charge in [-0.1, -0.05) is 35.9 Å². The maximum absolute atomic E-state index is 13.6. The highest BCUT2D eigenvalue weighted by Gasteiger charge is 2.05. The summed E-state index contributed by atoms with van der Waals surface area (Å²) >= 11 is 5.84. The number of halogens is 2. The molecule has 0 aromatic heterocycles. The molecule has 0 saturated heterocycles. The lowest BCUT2D eigenvalue weighted by atomic mass is 10.1. The van der Waals surface area contributed by atoms with E-state index < -0.39 is 0 Å². The largest absolute Gasteiger partial charge is 0.321 e. The molecule has 0 atom stereocenters. The third-order valence-electron chi connectivity index (χ3n) is 2.61. The van der Waals surface area contributed by atoms with Gasteiger partial charge < -0.3 is 5.43 Å². The molecule has 0 aliphatic carbocycles. The Bertz CT molecular complexity index is 529. The molecule has 2 aromatic carbocycles. The van der Waals surface area contributed by atoms with Gasteiger partial charge in [-0.3, -0.25) is 0 Å². The Morgan fingerprint density at radius 2 is 1.89 bits per heavy atom. The predicted molar refractivity (Wildman–Crippen MR) is 73.1 cm³/mol. The summed E-state index contributed by atoms with van der Waals surface area (Å²) in [5.41, 5.74) is 8.36. The molecule has 0 bridgehead atoms. The van der Waals surface area contributed by atoms with Gasteiger partial charge in [0.25, 0.3) is 0 Å². The van der Waals surface area contributed by atoms with Crippen molar-refractivity contribution in [1.82, 2.24) is 5.43 Å². The molecule has 0 fully saturated rings. The van der Waals surface area contributed by atoms with Crippen LogP contribution in [0.25, 0.3) is 0 Å². The molecule has 0 amide bonds. The van der Waals surface area contributed by atoms with Crippen LogP contribution in [-0.4, -0.2) is 0 Å². The van der Waals surface area contributed by atoms with Crippen molar-refractivity contribution in [3.63, 3.8) is 0 Å². The van der Waals surface area contributed by atoms with Crippen LogP contribution in [0.15, 0.2) is 42.5 Å². The Labute approximate surface area is 111 Å². The van der Waals surface area contributed by atoms with E-state index >= 15 is 0 Å². The van der Waals surface area contributed by atoms with Gasteiger partial charge >= 0.3 is 0 Å². The standard InChI is InChI=1S/C14H14ClFN2/c1-10-7-11(14(16)8-13(10)15)9-17-18-12-5-3-2-4-6-12/h2-8,17-18H,9H2,1H3. The monoisotopic (exact) mass is 264 g/mol. The number of para-hydroxylation sites is 1. The van der Waals surface area contributed by atoms with Crippen LogP contribution in [0.5, 0.6) is 0 Å².